The molecule has 0 aliphatic carbocycles. The summed E-state index contributed by atoms with van der Waals surface area (Å²) in [4.78, 5) is 6.39. The van der Waals surface area contributed by atoms with Gasteiger partial charge in [0, 0.05) is 10.6 Å². The Morgan fingerprint density at radius 3 is 2.94 bits per heavy atom. The van der Waals surface area contributed by atoms with Crippen molar-refractivity contribution in [1.82, 2.24) is 9.88 Å². The van der Waals surface area contributed by atoms with Crippen molar-refractivity contribution in [3.8, 4) is 11.3 Å². The molecule has 0 spiro atoms. The SMILES string of the molecule is CCN(C)Cc1ncc(-c2cccc(Cl)c2)o1. The van der Waals surface area contributed by atoms with Gasteiger partial charge < -0.3 is 4.42 Å². The van der Waals surface area contributed by atoms with Crippen molar-refractivity contribution in [1.29, 1.82) is 0 Å². The van der Waals surface area contributed by atoms with E-state index in [0.29, 0.717) is 5.02 Å². The van der Waals surface area contributed by atoms with Gasteiger partial charge >= 0.3 is 0 Å². The van der Waals surface area contributed by atoms with Gasteiger partial charge in [0.05, 0.1) is 12.7 Å². The molecule has 17 heavy (non-hydrogen) atoms. The van der Waals surface area contributed by atoms with Gasteiger partial charge in [-0.2, -0.15) is 0 Å². The van der Waals surface area contributed by atoms with Gasteiger partial charge in [-0.15, -0.1) is 0 Å². The summed E-state index contributed by atoms with van der Waals surface area (Å²) in [5, 5.41) is 0.700. The fourth-order valence-corrected chi connectivity index (χ4v) is 1.69. The van der Waals surface area contributed by atoms with Crippen LogP contribution in [0.1, 0.15) is 12.8 Å². The monoisotopic (exact) mass is 250 g/mol. The maximum absolute atomic E-state index is 5.94. The minimum absolute atomic E-state index is 0.700. The molecule has 0 N–H and O–H groups in total. The lowest BCUT2D eigenvalue weighted by atomic mass is 10.2. The maximum atomic E-state index is 5.94. The van der Waals surface area contributed by atoms with Gasteiger partial charge in [0.2, 0.25) is 5.89 Å². The number of benzene rings is 1. The normalized spacial score (nSPS) is 11.1. The van der Waals surface area contributed by atoms with Crippen LogP contribution in [0.4, 0.5) is 0 Å². The average molecular weight is 251 g/mol. The van der Waals surface area contributed by atoms with Crippen LogP contribution in [0.25, 0.3) is 11.3 Å². The van der Waals surface area contributed by atoms with Gasteiger partial charge in [-0.3, -0.25) is 4.90 Å². The summed E-state index contributed by atoms with van der Waals surface area (Å²) in [6.07, 6.45) is 1.74. The van der Waals surface area contributed by atoms with Crippen molar-refractivity contribution in [2.24, 2.45) is 0 Å². The molecule has 90 valence electrons. The van der Waals surface area contributed by atoms with E-state index >= 15 is 0 Å². The van der Waals surface area contributed by atoms with Gasteiger partial charge in [0.1, 0.15) is 0 Å². The lowest BCUT2D eigenvalue weighted by molar-refractivity contribution is 0.304. The van der Waals surface area contributed by atoms with Crippen LogP contribution in [-0.4, -0.2) is 23.5 Å². The number of rotatable bonds is 4. The van der Waals surface area contributed by atoms with Gasteiger partial charge in [-0.05, 0) is 25.7 Å². The first-order valence-corrected chi connectivity index (χ1v) is 5.96. The summed E-state index contributed by atoms with van der Waals surface area (Å²) in [6, 6.07) is 7.57. The van der Waals surface area contributed by atoms with E-state index in [0.717, 1.165) is 30.3 Å². The van der Waals surface area contributed by atoms with E-state index in [9.17, 15) is 0 Å². The predicted octanol–water partition coefficient (Wildman–Crippen LogP) is 3.45. The molecule has 1 aromatic carbocycles. The molecule has 0 saturated carbocycles. The molecule has 3 nitrogen and oxygen atoms in total. The second-order valence-electron chi connectivity index (χ2n) is 3.96. The van der Waals surface area contributed by atoms with Crippen molar-refractivity contribution in [3.05, 3.63) is 41.4 Å². The third-order valence-electron chi connectivity index (χ3n) is 2.61. The van der Waals surface area contributed by atoms with Crippen LogP contribution in [0.15, 0.2) is 34.9 Å². The highest BCUT2D eigenvalue weighted by molar-refractivity contribution is 6.30. The zero-order chi connectivity index (χ0) is 12.3. The molecule has 0 aliphatic rings. The van der Waals surface area contributed by atoms with Crippen LogP contribution < -0.4 is 0 Å². The Balaban J connectivity index is 2.18. The zero-order valence-electron chi connectivity index (χ0n) is 9.98. The Labute approximate surface area is 106 Å². The topological polar surface area (TPSA) is 29.3 Å². The van der Waals surface area contributed by atoms with Crippen LogP contribution in [-0.2, 0) is 6.54 Å². The summed E-state index contributed by atoms with van der Waals surface area (Å²) in [7, 11) is 2.03. The molecule has 2 rings (SSSR count). The van der Waals surface area contributed by atoms with Crippen molar-refractivity contribution in [2.45, 2.75) is 13.5 Å². The number of oxazole rings is 1. The largest absolute Gasteiger partial charge is 0.439 e. The second-order valence-corrected chi connectivity index (χ2v) is 4.40. The number of halogens is 1. The molecule has 4 heteroatoms. The molecule has 1 aromatic heterocycles. The third kappa shape index (κ3) is 3.08. The van der Waals surface area contributed by atoms with Gasteiger partial charge in [0.25, 0.3) is 0 Å². The molecule has 0 saturated heterocycles. The minimum Gasteiger partial charge on any atom is -0.439 e. The number of nitrogens with zero attached hydrogens (tertiary/aromatic N) is 2. The molecule has 0 bridgehead atoms. The summed E-state index contributed by atoms with van der Waals surface area (Å²) in [5.41, 5.74) is 0.954. The van der Waals surface area contributed by atoms with E-state index in [-0.39, 0.29) is 0 Å². The number of hydrogen-bond acceptors (Lipinski definition) is 3. The highest BCUT2D eigenvalue weighted by Crippen LogP contribution is 2.23. The Kier molecular flexibility index (Phi) is 3.82. The zero-order valence-corrected chi connectivity index (χ0v) is 10.7. The first-order chi connectivity index (χ1) is 8.19. The molecular formula is C13H15ClN2O. The summed E-state index contributed by atoms with van der Waals surface area (Å²) in [6.45, 7) is 3.78. The molecule has 0 radical (unpaired) electrons. The second kappa shape index (κ2) is 5.34. The molecule has 0 fully saturated rings. The molecule has 0 amide bonds. The molecule has 1 heterocycles. The number of hydrogen-bond donors (Lipinski definition) is 0. The number of aromatic nitrogens is 1. The maximum Gasteiger partial charge on any atom is 0.209 e. The lowest BCUT2D eigenvalue weighted by Gasteiger charge is -2.09. The Morgan fingerprint density at radius 2 is 2.24 bits per heavy atom. The van der Waals surface area contributed by atoms with E-state index in [1.165, 1.54) is 0 Å². The van der Waals surface area contributed by atoms with Crippen LogP contribution in [0.2, 0.25) is 5.02 Å². The van der Waals surface area contributed by atoms with E-state index < -0.39 is 0 Å². The Morgan fingerprint density at radius 1 is 1.41 bits per heavy atom. The minimum atomic E-state index is 0.700. The lowest BCUT2D eigenvalue weighted by Crippen LogP contribution is -2.16. The van der Waals surface area contributed by atoms with E-state index in [2.05, 4.69) is 16.8 Å². The average Bonchev–Trinajstić information content (AvgIpc) is 2.77. The highest BCUT2D eigenvalue weighted by atomic mass is 35.5. The summed E-state index contributed by atoms with van der Waals surface area (Å²) in [5.74, 6) is 1.48. The van der Waals surface area contributed by atoms with Crippen molar-refractivity contribution in [2.75, 3.05) is 13.6 Å². The van der Waals surface area contributed by atoms with E-state index in [1.54, 1.807) is 6.20 Å². The van der Waals surface area contributed by atoms with Gasteiger partial charge in [0.15, 0.2) is 5.76 Å². The van der Waals surface area contributed by atoms with Crippen molar-refractivity contribution < 1.29 is 4.42 Å². The predicted molar refractivity (Wildman–Crippen MR) is 69.0 cm³/mol. The molecule has 0 aliphatic heterocycles. The summed E-state index contributed by atoms with van der Waals surface area (Å²) >= 11 is 5.94. The molecule has 0 atom stereocenters. The van der Waals surface area contributed by atoms with Crippen molar-refractivity contribution >= 4 is 11.6 Å². The van der Waals surface area contributed by atoms with Crippen LogP contribution >= 0.6 is 11.6 Å². The third-order valence-corrected chi connectivity index (χ3v) is 2.84. The smallest absolute Gasteiger partial charge is 0.209 e. The van der Waals surface area contributed by atoms with Crippen LogP contribution in [0, 0.1) is 0 Å². The highest BCUT2D eigenvalue weighted by Gasteiger charge is 2.08. The standard InChI is InChI=1S/C13H15ClN2O/c1-3-16(2)9-13-15-8-12(17-13)10-5-4-6-11(14)7-10/h4-8H,3,9H2,1-2H3. The van der Waals surface area contributed by atoms with Crippen LogP contribution in [0.3, 0.4) is 0 Å². The first kappa shape index (κ1) is 12.1. The Bertz CT molecular complexity index is 496. The molecule has 2 aromatic rings. The van der Waals surface area contributed by atoms with Crippen LogP contribution in [0.5, 0.6) is 0 Å². The Hall–Kier alpha value is -1.32. The van der Waals surface area contributed by atoms with Crippen molar-refractivity contribution in [3.63, 3.8) is 0 Å². The van der Waals surface area contributed by atoms with Gasteiger partial charge in [-0.1, -0.05) is 30.7 Å². The van der Waals surface area contributed by atoms with E-state index in [4.69, 9.17) is 16.0 Å². The molecule has 0 unspecified atom stereocenters. The fourth-order valence-electron chi connectivity index (χ4n) is 1.50. The first-order valence-electron chi connectivity index (χ1n) is 5.58. The van der Waals surface area contributed by atoms with Gasteiger partial charge in [-0.25, -0.2) is 4.98 Å². The quantitative estimate of drug-likeness (QED) is 0.832. The molecular weight excluding hydrogens is 236 g/mol. The summed E-state index contributed by atoms with van der Waals surface area (Å²) < 4.78 is 5.69. The fraction of sp³-hybridized carbons (Fsp3) is 0.308. The van der Waals surface area contributed by atoms with E-state index in [1.807, 2.05) is 31.3 Å².